The first kappa shape index (κ1) is 22.3. The molecule has 0 bridgehead atoms. The van der Waals surface area contributed by atoms with E-state index in [4.69, 9.17) is 0 Å². The quantitative estimate of drug-likeness (QED) is 0.655. The van der Waals surface area contributed by atoms with Crippen LogP contribution in [0, 0.1) is 20.8 Å². The van der Waals surface area contributed by atoms with Crippen LogP contribution in [-0.2, 0) is 11.3 Å². The summed E-state index contributed by atoms with van der Waals surface area (Å²) in [5.41, 5.74) is 4.40. The molecule has 31 heavy (non-hydrogen) atoms. The van der Waals surface area contributed by atoms with Gasteiger partial charge in [-0.3, -0.25) is 19.0 Å². The summed E-state index contributed by atoms with van der Waals surface area (Å²) in [6.45, 7) is 10.7. The van der Waals surface area contributed by atoms with Gasteiger partial charge in [0.2, 0.25) is 5.91 Å². The number of amides is 2. The van der Waals surface area contributed by atoms with Crippen molar-refractivity contribution < 1.29 is 9.59 Å². The van der Waals surface area contributed by atoms with Crippen molar-refractivity contribution in [3.8, 4) is 0 Å². The van der Waals surface area contributed by atoms with Crippen molar-refractivity contribution in [2.45, 2.75) is 41.2 Å². The minimum Gasteiger partial charge on any atom is -0.339 e. The van der Waals surface area contributed by atoms with Crippen molar-refractivity contribution in [1.82, 2.24) is 9.47 Å². The van der Waals surface area contributed by atoms with E-state index in [9.17, 15) is 14.4 Å². The number of benzene rings is 2. The highest BCUT2D eigenvalue weighted by molar-refractivity contribution is 6.06. The predicted molar refractivity (Wildman–Crippen MR) is 125 cm³/mol. The molecule has 1 N–H and O–H groups in total. The topological polar surface area (TPSA) is 71.4 Å². The third kappa shape index (κ3) is 4.53. The van der Waals surface area contributed by atoms with Crippen LogP contribution in [0.15, 0.2) is 47.3 Å². The molecule has 0 fully saturated rings. The van der Waals surface area contributed by atoms with Crippen LogP contribution >= 0.6 is 0 Å². The fourth-order valence-electron chi connectivity index (χ4n) is 4.06. The number of para-hydroxylation sites is 1. The molecule has 0 unspecified atom stereocenters. The third-order valence-electron chi connectivity index (χ3n) is 5.54. The van der Waals surface area contributed by atoms with Crippen LogP contribution in [0.4, 0.5) is 5.69 Å². The minimum atomic E-state index is -0.373. The summed E-state index contributed by atoms with van der Waals surface area (Å²) in [6, 6.07) is 12.6. The number of hydrogen-bond donors (Lipinski definition) is 1. The smallest absolute Gasteiger partial charge is 0.254 e. The molecular weight excluding hydrogens is 390 g/mol. The van der Waals surface area contributed by atoms with Crippen molar-refractivity contribution in [1.29, 1.82) is 0 Å². The lowest BCUT2D eigenvalue weighted by Gasteiger charge is -2.20. The molecule has 3 rings (SSSR count). The van der Waals surface area contributed by atoms with Crippen LogP contribution in [0.5, 0.6) is 0 Å². The van der Waals surface area contributed by atoms with Gasteiger partial charge in [0.1, 0.15) is 6.54 Å². The Bertz CT molecular complexity index is 1180. The summed E-state index contributed by atoms with van der Waals surface area (Å²) >= 11 is 0. The molecule has 0 aliphatic carbocycles. The summed E-state index contributed by atoms with van der Waals surface area (Å²) in [5, 5.41) is 3.61. The molecule has 6 nitrogen and oxygen atoms in total. The van der Waals surface area contributed by atoms with Gasteiger partial charge in [0.25, 0.3) is 11.5 Å². The first-order valence-electron chi connectivity index (χ1n) is 10.6. The van der Waals surface area contributed by atoms with E-state index < -0.39 is 0 Å². The normalized spacial score (nSPS) is 10.9. The fourth-order valence-corrected chi connectivity index (χ4v) is 4.06. The van der Waals surface area contributed by atoms with Gasteiger partial charge in [-0.1, -0.05) is 35.9 Å². The Morgan fingerprint density at radius 2 is 1.58 bits per heavy atom. The zero-order chi connectivity index (χ0) is 22.7. The first-order valence-corrected chi connectivity index (χ1v) is 10.6. The van der Waals surface area contributed by atoms with Crippen LogP contribution in [0.25, 0.3) is 10.9 Å². The molecule has 1 heterocycles. The summed E-state index contributed by atoms with van der Waals surface area (Å²) in [6.07, 6.45) is 0. The number of aryl methyl sites for hydroxylation is 3. The number of carbonyl (C=O) groups is 2. The van der Waals surface area contributed by atoms with Gasteiger partial charge in [-0.05, 0) is 51.8 Å². The number of rotatable bonds is 6. The number of carbonyl (C=O) groups excluding carboxylic acids is 2. The Kier molecular flexibility index (Phi) is 6.59. The van der Waals surface area contributed by atoms with E-state index in [-0.39, 0.29) is 23.9 Å². The molecule has 3 aromatic rings. The van der Waals surface area contributed by atoms with Crippen LogP contribution in [0.2, 0.25) is 0 Å². The van der Waals surface area contributed by atoms with Crippen LogP contribution < -0.4 is 10.9 Å². The second-order valence-electron chi connectivity index (χ2n) is 7.80. The molecule has 0 aliphatic rings. The molecule has 0 saturated heterocycles. The first-order chi connectivity index (χ1) is 14.8. The summed E-state index contributed by atoms with van der Waals surface area (Å²) < 4.78 is 1.42. The van der Waals surface area contributed by atoms with Gasteiger partial charge >= 0.3 is 0 Å². The van der Waals surface area contributed by atoms with Gasteiger partial charge in [-0.2, -0.15) is 0 Å². The zero-order valence-electron chi connectivity index (χ0n) is 18.8. The average Bonchev–Trinajstić information content (AvgIpc) is 2.73. The lowest BCUT2D eigenvalue weighted by atomic mass is 10.1. The zero-order valence-corrected chi connectivity index (χ0v) is 18.8. The van der Waals surface area contributed by atoms with Crippen molar-refractivity contribution in [3.63, 3.8) is 0 Å². The van der Waals surface area contributed by atoms with Crippen molar-refractivity contribution in [3.05, 3.63) is 75.1 Å². The van der Waals surface area contributed by atoms with Crippen molar-refractivity contribution >= 4 is 28.4 Å². The van der Waals surface area contributed by atoms with Gasteiger partial charge in [0.15, 0.2) is 0 Å². The molecule has 2 amide bonds. The van der Waals surface area contributed by atoms with E-state index in [1.165, 1.54) is 10.6 Å². The molecule has 6 heteroatoms. The highest BCUT2D eigenvalue weighted by Crippen LogP contribution is 2.23. The molecule has 0 aliphatic heterocycles. The van der Waals surface area contributed by atoms with E-state index in [0.29, 0.717) is 29.6 Å². The average molecular weight is 420 g/mol. The van der Waals surface area contributed by atoms with Crippen LogP contribution in [0.3, 0.4) is 0 Å². The van der Waals surface area contributed by atoms with E-state index in [1.54, 1.807) is 17.0 Å². The van der Waals surface area contributed by atoms with E-state index in [0.717, 1.165) is 22.4 Å². The van der Waals surface area contributed by atoms with Crippen molar-refractivity contribution in [2.75, 3.05) is 18.4 Å². The predicted octanol–water partition coefficient (Wildman–Crippen LogP) is 4.05. The summed E-state index contributed by atoms with van der Waals surface area (Å²) in [4.78, 5) is 40.4. The lowest BCUT2D eigenvalue weighted by Crippen LogP contribution is -2.33. The number of nitrogens with one attached hydrogen (secondary N) is 1. The lowest BCUT2D eigenvalue weighted by molar-refractivity contribution is -0.116. The Morgan fingerprint density at radius 1 is 0.968 bits per heavy atom. The van der Waals surface area contributed by atoms with Gasteiger partial charge in [-0.15, -0.1) is 0 Å². The number of fused-ring (bicyclic) bond motifs is 1. The van der Waals surface area contributed by atoms with Gasteiger partial charge in [-0.25, -0.2) is 0 Å². The Morgan fingerprint density at radius 3 is 2.19 bits per heavy atom. The maximum atomic E-state index is 12.9. The maximum absolute atomic E-state index is 12.9. The Labute approximate surface area is 182 Å². The number of pyridine rings is 1. The number of aromatic nitrogens is 1. The summed E-state index contributed by atoms with van der Waals surface area (Å²) in [7, 11) is 0. The molecule has 0 atom stereocenters. The number of anilines is 1. The van der Waals surface area contributed by atoms with Crippen molar-refractivity contribution in [2.24, 2.45) is 0 Å². The van der Waals surface area contributed by atoms with Gasteiger partial charge in [0, 0.05) is 30.2 Å². The molecule has 0 saturated carbocycles. The third-order valence-corrected chi connectivity index (χ3v) is 5.54. The molecule has 1 aromatic heterocycles. The molecule has 2 aromatic carbocycles. The van der Waals surface area contributed by atoms with Crippen LogP contribution in [0.1, 0.15) is 40.9 Å². The van der Waals surface area contributed by atoms with E-state index in [2.05, 4.69) is 5.32 Å². The second-order valence-corrected chi connectivity index (χ2v) is 7.80. The second kappa shape index (κ2) is 9.16. The monoisotopic (exact) mass is 419 g/mol. The standard InChI is InChI=1S/C25H29N3O3/c1-6-27(7-2)25(31)20-14-23(30)28(21-11-9-8-10-19(20)21)15-22(29)26-24-17(4)12-16(3)13-18(24)5/h8-14H,6-7,15H2,1-5H3,(H,26,29). The molecule has 0 spiro atoms. The Balaban J connectivity index is 2.00. The molecule has 0 radical (unpaired) electrons. The highest BCUT2D eigenvalue weighted by Gasteiger charge is 2.19. The minimum absolute atomic E-state index is 0.133. The number of nitrogens with zero attached hydrogens (tertiary/aromatic N) is 2. The largest absolute Gasteiger partial charge is 0.339 e. The molecular formula is C25H29N3O3. The highest BCUT2D eigenvalue weighted by atomic mass is 16.2. The van der Waals surface area contributed by atoms with E-state index >= 15 is 0 Å². The number of hydrogen-bond acceptors (Lipinski definition) is 3. The van der Waals surface area contributed by atoms with E-state index in [1.807, 2.05) is 58.9 Å². The van der Waals surface area contributed by atoms with Crippen LogP contribution in [-0.4, -0.2) is 34.4 Å². The molecule has 162 valence electrons. The SMILES string of the molecule is CCN(CC)C(=O)c1cc(=O)n(CC(=O)Nc2c(C)cc(C)cc2C)c2ccccc12. The van der Waals surface area contributed by atoms with Gasteiger partial charge in [0.05, 0.1) is 11.1 Å². The summed E-state index contributed by atoms with van der Waals surface area (Å²) in [5.74, 6) is -0.467. The fraction of sp³-hybridized carbons (Fsp3) is 0.320. The Hall–Kier alpha value is -3.41. The maximum Gasteiger partial charge on any atom is 0.254 e. The van der Waals surface area contributed by atoms with Gasteiger partial charge < -0.3 is 10.2 Å².